The van der Waals surface area contributed by atoms with Crippen LogP contribution in [0.3, 0.4) is 0 Å². The van der Waals surface area contributed by atoms with Gasteiger partial charge in [-0.2, -0.15) is 0 Å². The molecule has 1 atom stereocenters. The minimum absolute atomic E-state index is 0.129. The molecular weight excluding hydrogens is 430 g/mol. The number of carbonyl (C=O) groups excluding carboxylic acids is 1. The maximum absolute atomic E-state index is 12.2. The summed E-state index contributed by atoms with van der Waals surface area (Å²) in [6.45, 7) is 6.47. The molecule has 4 rings (SSSR count). The lowest BCUT2D eigenvalue weighted by Gasteiger charge is -2.29. The summed E-state index contributed by atoms with van der Waals surface area (Å²) in [6.07, 6.45) is 7.08. The van der Waals surface area contributed by atoms with E-state index in [0.29, 0.717) is 29.6 Å². The fourth-order valence-electron chi connectivity index (χ4n) is 4.33. The number of nitrogens with one attached hydrogen (secondary N) is 1. The molecule has 34 heavy (non-hydrogen) atoms. The van der Waals surface area contributed by atoms with Crippen molar-refractivity contribution in [3.63, 3.8) is 0 Å². The van der Waals surface area contributed by atoms with Gasteiger partial charge in [0.25, 0.3) is 5.91 Å². The summed E-state index contributed by atoms with van der Waals surface area (Å²) in [6, 6.07) is 9.90. The molecule has 1 amide bonds. The maximum atomic E-state index is 12.2. The Balaban J connectivity index is 1.62. The second kappa shape index (κ2) is 11.2. The number of aromatic nitrogens is 3. The van der Waals surface area contributed by atoms with E-state index < -0.39 is 5.91 Å². The number of benzene rings is 1. The van der Waals surface area contributed by atoms with Gasteiger partial charge in [0.2, 0.25) is 5.88 Å². The summed E-state index contributed by atoms with van der Waals surface area (Å²) in [7, 11) is 0. The number of nitrogens with zero attached hydrogens (tertiary/aromatic N) is 3. The van der Waals surface area contributed by atoms with Crippen molar-refractivity contribution in [1.82, 2.24) is 15.2 Å². The predicted octanol–water partition coefficient (Wildman–Crippen LogP) is 4.59. The zero-order valence-electron chi connectivity index (χ0n) is 19.9. The number of ether oxygens (including phenoxy) is 2. The first-order valence-electron chi connectivity index (χ1n) is 12.1. The Kier molecular flexibility index (Phi) is 7.90. The molecule has 1 aliphatic rings. The number of hydrogen-bond acceptors (Lipinski definition) is 7. The number of amides is 1. The van der Waals surface area contributed by atoms with E-state index in [-0.39, 0.29) is 11.7 Å². The van der Waals surface area contributed by atoms with Crippen molar-refractivity contribution in [1.29, 1.82) is 0 Å². The van der Waals surface area contributed by atoms with Crippen LogP contribution < -0.4 is 15.8 Å². The van der Waals surface area contributed by atoms with E-state index in [1.54, 1.807) is 6.20 Å². The fraction of sp³-hybridized carbons (Fsp3) is 0.462. The van der Waals surface area contributed by atoms with Gasteiger partial charge in [-0.05, 0) is 55.9 Å². The van der Waals surface area contributed by atoms with Gasteiger partial charge in [-0.3, -0.25) is 4.79 Å². The first-order valence-corrected chi connectivity index (χ1v) is 12.1. The zero-order valence-corrected chi connectivity index (χ0v) is 19.9. The van der Waals surface area contributed by atoms with Crippen LogP contribution in [0.2, 0.25) is 0 Å². The molecule has 2 aromatic heterocycles. The molecule has 1 aliphatic heterocycles. The molecule has 8 nitrogen and oxygen atoms in total. The second-order valence-electron chi connectivity index (χ2n) is 8.84. The summed E-state index contributed by atoms with van der Waals surface area (Å²) < 4.78 is 11.2. The second-order valence-corrected chi connectivity index (χ2v) is 8.84. The summed E-state index contributed by atoms with van der Waals surface area (Å²) in [5.41, 5.74) is 9.04. The lowest BCUT2D eigenvalue weighted by Crippen LogP contribution is -2.32. The number of primary amides is 1. The first-order chi connectivity index (χ1) is 16.6. The highest BCUT2D eigenvalue weighted by molar-refractivity contribution is 6.05. The molecule has 0 spiro atoms. The van der Waals surface area contributed by atoms with Gasteiger partial charge in [-0.1, -0.05) is 25.8 Å². The number of hydrogen-bond donors (Lipinski definition) is 2. The molecule has 3 aromatic rings. The number of pyridine rings is 1. The van der Waals surface area contributed by atoms with Gasteiger partial charge in [-0.15, -0.1) is 10.2 Å². The van der Waals surface area contributed by atoms with Gasteiger partial charge < -0.3 is 20.5 Å². The van der Waals surface area contributed by atoms with E-state index in [0.717, 1.165) is 61.8 Å². The van der Waals surface area contributed by atoms with Gasteiger partial charge in [0, 0.05) is 42.5 Å². The van der Waals surface area contributed by atoms with Crippen LogP contribution in [0.4, 0.5) is 5.69 Å². The van der Waals surface area contributed by atoms with Crippen LogP contribution in [0.15, 0.2) is 36.5 Å². The Bertz CT molecular complexity index is 1110. The highest BCUT2D eigenvalue weighted by atomic mass is 16.5. The number of anilines is 1. The summed E-state index contributed by atoms with van der Waals surface area (Å²) in [5.74, 6) is 0.456. The largest absolute Gasteiger partial charge is 0.478 e. The summed E-state index contributed by atoms with van der Waals surface area (Å²) in [5, 5.41) is 12.7. The fourth-order valence-corrected chi connectivity index (χ4v) is 4.33. The molecule has 0 unspecified atom stereocenters. The first kappa shape index (κ1) is 23.9. The highest BCUT2D eigenvalue weighted by Gasteiger charge is 2.24. The van der Waals surface area contributed by atoms with Gasteiger partial charge in [0.1, 0.15) is 0 Å². The van der Waals surface area contributed by atoms with E-state index in [2.05, 4.69) is 34.3 Å². The maximum Gasteiger partial charge on any atom is 0.271 e. The van der Waals surface area contributed by atoms with E-state index in [1.807, 2.05) is 30.3 Å². The molecule has 0 bridgehead atoms. The van der Waals surface area contributed by atoms with Gasteiger partial charge in [-0.25, -0.2) is 4.98 Å². The number of carbonyl (C=O) groups is 1. The van der Waals surface area contributed by atoms with Crippen LogP contribution in [-0.4, -0.2) is 47.0 Å². The molecule has 1 aromatic carbocycles. The van der Waals surface area contributed by atoms with Gasteiger partial charge >= 0.3 is 0 Å². The summed E-state index contributed by atoms with van der Waals surface area (Å²) >= 11 is 0. The van der Waals surface area contributed by atoms with E-state index in [9.17, 15) is 4.79 Å². The molecule has 0 saturated carbocycles. The molecule has 180 valence electrons. The lowest BCUT2D eigenvalue weighted by atomic mass is 9.92. The number of rotatable bonds is 10. The monoisotopic (exact) mass is 463 g/mol. The van der Waals surface area contributed by atoms with Crippen LogP contribution >= 0.6 is 0 Å². The Hall–Kier alpha value is -3.26. The quantitative estimate of drug-likeness (QED) is 0.423. The average molecular weight is 464 g/mol. The van der Waals surface area contributed by atoms with Crippen LogP contribution in [0.25, 0.3) is 22.0 Å². The molecule has 1 saturated heterocycles. The molecular formula is C26H33N5O3. The smallest absolute Gasteiger partial charge is 0.271 e. The van der Waals surface area contributed by atoms with Crippen LogP contribution in [-0.2, 0) is 4.74 Å². The van der Waals surface area contributed by atoms with Crippen molar-refractivity contribution < 1.29 is 14.3 Å². The third kappa shape index (κ3) is 5.62. The normalized spacial score (nSPS) is 15.2. The number of unbranched alkanes of at least 4 members (excludes halogenated alkanes) is 2. The van der Waals surface area contributed by atoms with E-state index >= 15 is 0 Å². The molecule has 3 heterocycles. The zero-order chi connectivity index (χ0) is 23.9. The number of fused-ring (bicyclic) bond motifs is 1. The van der Waals surface area contributed by atoms with E-state index in [4.69, 9.17) is 15.2 Å². The van der Waals surface area contributed by atoms with Crippen LogP contribution in [0.1, 0.15) is 56.4 Å². The van der Waals surface area contributed by atoms with Gasteiger partial charge in [0.15, 0.2) is 5.69 Å². The minimum atomic E-state index is -0.604. The highest BCUT2D eigenvalue weighted by Crippen LogP contribution is 2.32. The SMILES string of the molecule is CCCCCOc1ccc(-c2ccc3nnc(C(N)=O)c(N[C@@H](C)C4CCOCC4)c3c2)cn1. The Labute approximate surface area is 200 Å². The van der Waals surface area contributed by atoms with Crippen molar-refractivity contribution >= 4 is 22.5 Å². The van der Waals surface area contributed by atoms with Crippen LogP contribution in [0, 0.1) is 5.92 Å². The molecule has 0 radical (unpaired) electrons. The average Bonchev–Trinajstić information content (AvgIpc) is 2.87. The van der Waals surface area contributed by atoms with Crippen LogP contribution in [0.5, 0.6) is 5.88 Å². The van der Waals surface area contributed by atoms with Crippen molar-refractivity contribution in [2.45, 2.75) is 52.0 Å². The molecule has 3 N–H and O–H groups in total. The van der Waals surface area contributed by atoms with Crippen molar-refractivity contribution in [2.24, 2.45) is 11.7 Å². The van der Waals surface area contributed by atoms with E-state index in [1.165, 1.54) is 0 Å². The van der Waals surface area contributed by atoms with Crippen molar-refractivity contribution in [2.75, 3.05) is 25.1 Å². The Morgan fingerprint density at radius 2 is 1.97 bits per heavy atom. The molecule has 1 fully saturated rings. The Morgan fingerprint density at radius 3 is 2.68 bits per heavy atom. The third-order valence-electron chi connectivity index (χ3n) is 6.41. The Morgan fingerprint density at radius 1 is 1.18 bits per heavy atom. The van der Waals surface area contributed by atoms with Crippen molar-refractivity contribution in [3.05, 3.63) is 42.2 Å². The standard InChI is InChI=1S/C26H33N5O3/c1-3-4-5-12-34-23-9-7-20(16-28-23)19-6-8-22-21(15-19)24(25(26(27)32)31-30-22)29-17(2)18-10-13-33-14-11-18/h6-9,15-18H,3-5,10-14H2,1-2H3,(H2,27,32)(H,29,30)/t17-/m0/s1. The van der Waals surface area contributed by atoms with Crippen molar-refractivity contribution in [3.8, 4) is 17.0 Å². The number of nitrogens with two attached hydrogens (primary N) is 1. The topological polar surface area (TPSA) is 112 Å². The minimum Gasteiger partial charge on any atom is -0.478 e. The molecule has 8 heteroatoms. The summed E-state index contributed by atoms with van der Waals surface area (Å²) in [4.78, 5) is 16.6. The lowest BCUT2D eigenvalue weighted by molar-refractivity contribution is 0.0622. The van der Waals surface area contributed by atoms with Gasteiger partial charge in [0.05, 0.1) is 17.8 Å². The third-order valence-corrected chi connectivity index (χ3v) is 6.41. The molecule has 0 aliphatic carbocycles. The predicted molar refractivity (Wildman–Crippen MR) is 133 cm³/mol.